The molecule has 4 heteroatoms. The minimum Gasteiger partial charge on any atom is -0.390 e. The van der Waals surface area contributed by atoms with E-state index >= 15 is 0 Å². The minimum atomic E-state index is -0.0236. The molecule has 0 aliphatic heterocycles. The van der Waals surface area contributed by atoms with Gasteiger partial charge in [0.15, 0.2) is 0 Å². The Labute approximate surface area is 78.6 Å². The van der Waals surface area contributed by atoms with Gasteiger partial charge in [0.2, 0.25) is 0 Å². The first-order valence-corrected chi connectivity index (χ1v) is 4.72. The van der Waals surface area contributed by atoms with Gasteiger partial charge in [-0.3, -0.25) is 4.68 Å². The van der Waals surface area contributed by atoms with Gasteiger partial charge in [0, 0.05) is 6.54 Å². The highest BCUT2D eigenvalue weighted by atomic mass is 16.3. The number of hydrogen-bond acceptors (Lipinski definition) is 3. The molecule has 0 aromatic carbocycles. The maximum atomic E-state index is 8.75. The van der Waals surface area contributed by atoms with Crippen molar-refractivity contribution in [3.05, 3.63) is 11.9 Å². The Kier molecular flexibility index (Phi) is 3.89. The third kappa shape index (κ3) is 3.55. The molecular formula is C9H17N3O. The molecule has 0 saturated carbocycles. The second kappa shape index (κ2) is 4.97. The zero-order valence-corrected chi connectivity index (χ0v) is 8.27. The quantitative estimate of drug-likeness (QED) is 0.746. The summed E-state index contributed by atoms with van der Waals surface area (Å²) in [7, 11) is 0. The molecule has 13 heavy (non-hydrogen) atoms. The van der Waals surface area contributed by atoms with Crippen molar-refractivity contribution in [1.29, 1.82) is 0 Å². The number of aliphatic hydroxyl groups excluding tert-OH is 1. The van der Waals surface area contributed by atoms with E-state index in [9.17, 15) is 0 Å². The molecule has 0 fully saturated rings. The van der Waals surface area contributed by atoms with Gasteiger partial charge in [0.05, 0.1) is 12.8 Å². The van der Waals surface area contributed by atoms with Crippen LogP contribution < -0.4 is 0 Å². The van der Waals surface area contributed by atoms with E-state index in [-0.39, 0.29) is 6.61 Å². The summed E-state index contributed by atoms with van der Waals surface area (Å²) in [6.07, 6.45) is 4.11. The first-order chi connectivity index (χ1) is 6.22. The smallest absolute Gasteiger partial charge is 0.108 e. The van der Waals surface area contributed by atoms with Crippen LogP contribution in [0, 0.1) is 5.92 Å². The average molecular weight is 183 g/mol. The van der Waals surface area contributed by atoms with E-state index in [4.69, 9.17) is 5.11 Å². The molecule has 0 amide bonds. The van der Waals surface area contributed by atoms with E-state index in [0.717, 1.165) is 18.9 Å². The SMILES string of the molecule is CC(C)CCCn1cc(CO)nn1. The molecular weight excluding hydrogens is 166 g/mol. The van der Waals surface area contributed by atoms with Gasteiger partial charge in [-0.05, 0) is 18.8 Å². The Balaban J connectivity index is 2.28. The van der Waals surface area contributed by atoms with E-state index in [1.54, 1.807) is 10.9 Å². The Hall–Kier alpha value is -0.900. The molecule has 0 saturated heterocycles. The summed E-state index contributed by atoms with van der Waals surface area (Å²) in [5, 5.41) is 16.4. The van der Waals surface area contributed by atoms with Crippen molar-refractivity contribution in [1.82, 2.24) is 15.0 Å². The molecule has 1 rings (SSSR count). The summed E-state index contributed by atoms with van der Waals surface area (Å²) in [6, 6.07) is 0. The maximum absolute atomic E-state index is 8.75. The van der Waals surface area contributed by atoms with Gasteiger partial charge >= 0.3 is 0 Å². The first kappa shape index (κ1) is 10.2. The molecule has 0 radical (unpaired) electrons. The maximum Gasteiger partial charge on any atom is 0.108 e. The van der Waals surface area contributed by atoms with Gasteiger partial charge in [0.25, 0.3) is 0 Å². The Bertz CT molecular complexity index is 245. The Morgan fingerprint density at radius 2 is 2.31 bits per heavy atom. The molecule has 1 heterocycles. The topological polar surface area (TPSA) is 50.9 Å². The molecule has 0 atom stereocenters. The molecule has 1 aromatic heterocycles. The van der Waals surface area contributed by atoms with Crippen LogP contribution in [-0.2, 0) is 13.2 Å². The van der Waals surface area contributed by atoms with Crippen molar-refractivity contribution in [2.75, 3.05) is 0 Å². The van der Waals surface area contributed by atoms with Crippen LogP contribution in [0.5, 0.6) is 0 Å². The standard InChI is InChI=1S/C9H17N3O/c1-8(2)4-3-5-12-6-9(7-13)10-11-12/h6,8,13H,3-5,7H2,1-2H3. The van der Waals surface area contributed by atoms with E-state index in [2.05, 4.69) is 24.2 Å². The molecule has 0 bridgehead atoms. The Morgan fingerprint density at radius 3 is 2.85 bits per heavy atom. The first-order valence-electron chi connectivity index (χ1n) is 4.72. The van der Waals surface area contributed by atoms with Gasteiger partial charge in [-0.15, -0.1) is 5.10 Å². The zero-order chi connectivity index (χ0) is 9.68. The third-order valence-corrected chi connectivity index (χ3v) is 1.92. The molecule has 1 N–H and O–H groups in total. The van der Waals surface area contributed by atoms with Crippen molar-refractivity contribution in [3.63, 3.8) is 0 Å². The summed E-state index contributed by atoms with van der Waals surface area (Å²) in [5.41, 5.74) is 0.643. The van der Waals surface area contributed by atoms with Crippen molar-refractivity contribution in [2.45, 2.75) is 39.8 Å². The predicted octanol–water partition coefficient (Wildman–Crippen LogP) is 1.21. The number of aliphatic hydroxyl groups is 1. The molecule has 1 aromatic rings. The summed E-state index contributed by atoms with van der Waals surface area (Å²) in [6.45, 7) is 5.29. The fraction of sp³-hybridized carbons (Fsp3) is 0.778. The fourth-order valence-corrected chi connectivity index (χ4v) is 1.18. The average Bonchev–Trinajstić information content (AvgIpc) is 2.52. The molecule has 0 aliphatic carbocycles. The molecule has 74 valence electrons. The van der Waals surface area contributed by atoms with Crippen LogP contribution in [-0.4, -0.2) is 20.1 Å². The molecule has 4 nitrogen and oxygen atoms in total. The molecule has 0 aliphatic rings. The fourth-order valence-electron chi connectivity index (χ4n) is 1.18. The highest BCUT2D eigenvalue weighted by Crippen LogP contribution is 2.04. The van der Waals surface area contributed by atoms with Crippen molar-refractivity contribution in [3.8, 4) is 0 Å². The molecule has 0 unspecified atom stereocenters. The normalized spacial score (nSPS) is 11.1. The summed E-state index contributed by atoms with van der Waals surface area (Å²) >= 11 is 0. The third-order valence-electron chi connectivity index (χ3n) is 1.92. The van der Waals surface area contributed by atoms with Crippen LogP contribution in [0.2, 0.25) is 0 Å². The van der Waals surface area contributed by atoms with Gasteiger partial charge in [-0.1, -0.05) is 19.1 Å². The number of aromatic nitrogens is 3. The number of rotatable bonds is 5. The lowest BCUT2D eigenvalue weighted by molar-refractivity contribution is 0.276. The number of nitrogens with zero attached hydrogens (tertiary/aromatic N) is 3. The lowest BCUT2D eigenvalue weighted by Gasteiger charge is -2.03. The lowest BCUT2D eigenvalue weighted by atomic mass is 10.1. The van der Waals surface area contributed by atoms with Crippen molar-refractivity contribution < 1.29 is 5.11 Å². The van der Waals surface area contributed by atoms with Crippen LogP contribution in [0.25, 0.3) is 0 Å². The number of aryl methyl sites for hydroxylation is 1. The highest BCUT2D eigenvalue weighted by molar-refractivity contribution is 4.88. The summed E-state index contributed by atoms with van der Waals surface area (Å²) < 4.78 is 1.79. The second-order valence-corrected chi connectivity index (χ2v) is 3.67. The van der Waals surface area contributed by atoms with E-state index in [1.807, 2.05) is 0 Å². The van der Waals surface area contributed by atoms with E-state index in [0.29, 0.717) is 5.69 Å². The summed E-state index contributed by atoms with van der Waals surface area (Å²) in [5.74, 6) is 0.737. The molecule has 0 spiro atoms. The van der Waals surface area contributed by atoms with Gasteiger partial charge in [-0.2, -0.15) is 0 Å². The van der Waals surface area contributed by atoms with Gasteiger partial charge < -0.3 is 5.11 Å². The zero-order valence-electron chi connectivity index (χ0n) is 8.27. The Morgan fingerprint density at radius 1 is 1.54 bits per heavy atom. The van der Waals surface area contributed by atoms with Crippen LogP contribution in [0.4, 0.5) is 0 Å². The van der Waals surface area contributed by atoms with Crippen LogP contribution in [0.15, 0.2) is 6.20 Å². The van der Waals surface area contributed by atoms with Crippen LogP contribution >= 0.6 is 0 Å². The summed E-state index contributed by atoms with van der Waals surface area (Å²) in [4.78, 5) is 0. The van der Waals surface area contributed by atoms with Crippen LogP contribution in [0.1, 0.15) is 32.4 Å². The second-order valence-electron chi connectivity index (χ2n) is 3.67. The van der Waals surface area contributed by atoms with E-state index in [1.165, 1.54) is 6.42 Å². The van der Waals surface area contributed by atoms with Crippen LogP contribution in [0.3, 0.4) is 0 Å². The van der Waals surface area contributed by atoms with Crippen molar-refractivity contribution >= 4 is 0 Å². The largest absolute Gasteiger partial charge is 0.390 e. The minimum absolute atomic E-state index is 0.0236. The van der Waals surface area contributed by atoms with Crippen molar-refractivity contribution in [2.24, 2.45) is 5.92 Å². The van der Waals surface area contributed by atoms with Gasteiger partial charge in [-0.25, -0.2) is 0 Å². The predicted molar refractivity (Wildman–Crippen MR) is 50.0 cm³/mol. The highest BCUT2D eigenvalue weighted by Gasteiger charge is 1.99. The number of hydrogen-bond donors (Lipinski definition) is 1. The lowest BCUT2D eigenvalue weighted by Crippen LogP contribution is -2.00. The van der Waals surface area contributed by atoms with Gasteiger partial charge in [0.1, 0.15) is 5.69 Å². The monoisotopic (exact) mass is 183 g/mol. The van der Waals surface area contributed by atoms with E-state index < -0.39 is 0 Å².